The maximum absolute atomic E-state index is 13.9. The summed E-state index contributed by atoms with van der Waals surface area (Å²) in [6.07, 6.45) is 0. The summed E-state index contributed by atoms with van der Waals surface area (Å²) in [6, 6.07) is 8.49. The lowest BCUT2D eigenvalue weighted by molar-refractivity contribution is 0.339. The highest BCUT2D eigenvalue weighted by atomic mass is 19.1. The first-order chi connectivity index (χ1) is 13.4. The van der Waals surface area contributed by atoms with Gasteiger partial charge >= 0.3 is 0 Å². The van der Waals surface area contributed by atoms with E-state index in [0.29, 0.717) is 36.1 Å². The molecule has 0 heterocycles. The van der Waals surface area contributed by atoms with Gasteiger partial charge in [-0.05, 0) is 55.7 Å². The van der Waals surface area contributed by atoms with Gasteiger partial charge in [-0.25, -0.2) is 9.38 Å². The number of nitrogens with one attached hydrogen (secondary N) is 2. The van der Waals surface area contributed by atoms with E-state index in [1.165, 1.54) is 20.3 Å². The molecule has 2 aromatic carbocycles. The van der Waals surface area contributed by atoms with Crippen molar-refractivity contribution >= 4 is 5.96 Å². The molecule has 2 aromatic rings. The van der Waals surface area contributed by atoms with Crippen molar-refractivity contribution in [2.75, 3.05) is 20.8 Å². The summed E-state index contributed by atoms with van der Waals surface area (Å²) in [6.45, 7) is 6.69. The molecule has 3 N–H and O–H groups in total. The smallest absolute Gasteiger partial charge is 0.200 e. The summed E-state index contributed by atoms with van der Waals surface area (Å²) in [5.41, 5.74) is 2.27. The lowest BCUT2D eigenvalue weighted by atomic mass is 10.1. The van der Waals surface area contributed by atoms with Crippen LogP contribution in [0.1, 0.15) is 36.6 Å². The van der Waals surface area contributed by atoms with Crippen LogP contribution in [0.25, 0.3) is 0 Å². The number of hydrogen-bond acceptors (Lipinski definition) is 4. The van der Waals surface area contributed by atoms with Crippen LogP contribution in [0.4, 0.5) is 4.39 Å². The van der Waals surface area contributed by atoms with Crippen LogP contribution in [0.2, 0.25) is 0 Å². The van der Waals surface area contributed by atoms with Crippen molar-refractivity contribution in [3.05, 3.63) is 52.8 Å². The van der Waals surface area contributed by atoms with Crippen LogP contribution in [-0.4, -0.2) is 31.8 Å². The summed E-state index contributed by atoms with van der Waals surface area (Å²) in [5.74, 6) is 0.980. The fourth-order valence-corrected chi connectivity index (χ4v) is 2.70. The van der Waals surface area contributed by atoms with E-state index in [9.17, 15) is 9.50 Å². The number of benzene rings is 2. The predicted molar refractivity (Wildman–Crippen MR) is 109 cm³/mol. The van der Waals surface area contributed by atoms with Crippen LogP contribution in [0.15, 0.2) is 35.3 Å². The van der Waals surface area contributed by atoms with Crippen LogP contribution in [0.5, 0.6) is 17.2 Å². The zero-order valence-electron chi connectivity index (χ0n) is 17.0. The number of rotatable bonds is 7. The van der Waals surface area contributed by atoms with Crippen molar-refractivity contribution in [1.82, 2.24) is 10.6 Å². The minimum Gasteiger partial charge on any atom is -0.502 e. The average Bonchev–Trinajstić information content (AvgIpc) is 2.69. The molecule has 0 aliphatic rings. The number of aliphatic imine (C=N–C) groups is 1. The molecular formula is C21H28FN3O3. The third kappa shape index (κ3) is 5.28. The minimum absolute atomic E-state index is 0.0437. The molecule has 6 nitrogen and oxygen atoms in total. The van der Waals surface area contributed by atoms with Crippen LogP contribution < -0.4 is 20.1 Å². The third-order valence-electron chi connectivity index (χ3n) is 4.35. The molecule has 0 fully saturated rings. The molecular weight excluding hydrogens is 361 g/mol. The molecule has 0 bridgehead atoms. The van der Waals surface area contributed by atoms with E-state index in [0.717, 1.165) is 11.1 Å². The van der Waals surface area contributed by atoms with Crippen LogP contribution in [-0.2, 0) is 6.54 Å². The molecule has 1 unspecified atom stereocenters. The number of phenolic OH excluding ortho intramolecular Hbond substituents is 1. The van der Waals surface area contributed by atoms with Gasteiger partial charge in [0, 0.05) is 6.54 Å². The van der Waals surface area contributed by atoms with Gasteiger partial charge in [0.1, 0.15) is 5.82 Å². The maximum atomic E-state index is 13.9. The van der Waals surface area contributed by atoms with Gasteiger partial charge in [0.05, 0.1) is 26.8 Å². The highest BCUT2D eigenvalue weighted by molar-refractivity contribution is 5.80. The molecule has 1 atom stereocenters. The fraction of sp³-hybridized carbons (Fsp3) is 0.381. The van der Waals surface area contributed by atoms with Gasteiger partial charge in [-0.3, -0.25) is 0 Å². The van der Waals surface area contributed by atoms with E-state index in [-0.39, 0.29) is 17.6 Å². The summed E-state index contributed by atoms with van der Waals surface area (Å²) in [4.78, 5) is 4.58. The Morgan fingerprint density at radius 3 is 2.36 bits per heavy atom. The second-order valence-electron chi connectivity index (χ2n) is 6.42. The highest BCUT2D eigenvalue weighted by Gasteiger charge is 2.12. The van der Waals surface area contributed by atoms with E-state index in [1.807, 2.05) is 19.9 Å². The zero-order chi connectivity index (χ0) is 20.7. The first kappa shape index (κ1) is 21.3. The number of hydrogen-bond donors (Lipinski definition) is 3. The van der Waals surface area contributed by atoms with Gasteiger partial charge < -0.3 is 25.2 Å². The summed E-state index contributed by atoms with van der Waals surface area (Å²) < 4.78 is 24.2. The maximum Gasteiger partial charge on any atom is 0.200 e. The second kappa shape index (κ2) is 9.82. The normalized spacial score (nSPS) is 12.4. The van der Waals surface area contributed by atoms with Crippen LogP contribution in [0, 0.1) is 12.7 Å². The van der Waals surface area contributed by atoms with Crippen LogP contribution >= 0.6 is 0 Å². The molecule has 0 spiro atoms. The Bertz CT molecular complexity index is 815. The Morgan fingerprint density at radius 2 is 1.82 bits per heavy atom. The Kier molecular flexibility index (Phi) is 7.49. The number of guanidine groups is 1. The Balaban J connectivity index is 2.19. The van der Waals surface area contributed by atoms with Crippen molar-refractivity contribution < 1.29 is 19.0 Å². The van der Waals surface area contributed by atoms with Crippen molar-refractivity contribution in [2.24, 2.45) is 4.99 Å². The number of phenols is 1. The van der Waals surface area contributed by atoms with Gasteiger partial charge in [0.2, 0.25) is 5.75 Å². The molecule has 152 valence electrons. The van der Waals surface area contributed by atoms with Gasteiger partial charge in [-0.15, -0.1) is 0 Å². The molecule has 0 amide bonds. The van der Waals surface area contributed by atoms with Crippen molar-refractivity contribution in [3.63, 3.8) is 0 Å². The Labute approximate surface area is 165 Å². The number of nitrogens with zero attached hydrogens (tertiary/aromatic N) is 1. The largest absolute Gasteiger partial charge is 0.502 e. The zero-order valence-corrected chi connectivity index (χ0v) is 17.0. The molecule has 0 aromatic heterocycles. The Hall–Kier alpha value is -2.96. The molecule has 0 radical (unpaired) electrons. The molecule has 0 aliphatic heterocycles. The van der Waals surface area contributed by atoms with Gasteiger partial charge in [0.15, 0.2) is 17.5 Å². The molecule has 0 saturated heterocycles. The van der Waals surface area contributed by atoms with E-state index in [4.69, 9.17) is 9.47 Å². The first-order valence-electron chi connectivity index (χ1n) is 9.14. The molecule has 2 rings (SSSR count). The van der Waals surface area contributed by atoms with E-state index in [1.54, 1.807) is 25.1 Å². The molecule has 0 aliphatic carbocycles. The third-order valence-corrected chi connectivity index (χ3v) is 4.35. The quantitative estimate of drug-likeness (QED) is 0.498. The number of aryl methyl sites for hydroxylation is 1. The molecule has 7 heteroatoms. The predicted octanol–water partition coefficient (Wildman–Crippen LogP) is 3.67. The van der Waals surface area contributed by atoms with Gasteiger partial charge in [0.25, 0.3) is 0 Å². The average molecular weight is 389 g/mol. The minimum atomic E-state index is -0.226. The number of aromatic hydroxyl groups is 1. The van der Waals surface area contributed by atoms with Gasteiger partial charge in [-0.1, -0.05) is 12.1 Å². The summed E-state index contributed by atoms with van der Waals surface area (Å²) >= 11 is 0. The topological polar surface area (TPSA) is 75.1 Å². The van der Waals surface area contributed by atoms with Crippen LogP contribution in [0.3, 0.4) is 0 Å². The van der Waals surface area contributed by atoms with E-state index < -0.39 is 0 Å². The molecule has 28 heavy (non-hydrogen) atoms. The fourth-order valence-electron chi connectivity index (χ4n) is 2.70. The second-order valence-corrected chi connectivity index (χ2v) is 6.42. The number of halogens is 1. The Morgan fingerprint density at radius 1 is 1.18 bits per heavy atom. The summed E-state index contributed by atoms with van der Waals surface area (Å²) in [5, 5.41) is 16.5. The SMILES string of the molecule is CCNC(=NCc1cc(OC)c(O)c(OC)c1)NC(C)c1ccc(C)c(F)c1. The first-order valence-corrected chi connectivity index (χ1v) is 9.14. The highest BCUT2D eigenvalue weighted by Crippen LogP contribution is 2.37. The standard InChI is InChI=1S/C21H28FN3O3/c1-6-23-21(25-14(3)16-8-7-13(2)17(22)11-16)24-12-15-9-18(27-4)20(26)19(10-15)28-5/h7-11,14,26H,6,12H2,1-5H3,(H2,23,24,25). The lowest BCUT2D eigenvalue weighted by Crippen LogP contribution is -2.38. The molecule has 0 saturated carbocycles. The van der Waals surface area contributed by atoms with E-state index in [2.05, 4.69) is 15.6 Å². The van der Waals surface area contributed by atoms with Crippen molar-refractivity contribution in [2.45, 2.75) is 33.4 Å². The summed E-state index contributed by atoms with van der Waals surface area (Å²) in [7, 11) is 2.96. The van der Waals surface area contributed by atoms with E-state index >= 15 is 0 Å². The van der Waals surface area contributed by atoms with Gasteiger partial charge in [-0.2, -0.15) is 0 Å². The van der Waals surface area contributed by atoms with Crippen molar-refractivity contribution in [3.8, 4) is 17.2 Å². The van der Waals surface area contributed by atoms with Crippen molar-refractivity contribution in [1.29, 1.82) is 0 Å². The lowest BCUT2D eigenvalue weighted by Gasteiger charge is -2.19. The number of methoxy groups -OCH3 is 2. The monoisotopic (exact) mass is 389 g/mol. The number of ether oxygens (including phenoxy) is 2.